The van der Waals surface area contributed by atoms with E-state index in [4.69, 9.17) is 11.6 Å². The fourth-order valence-electron chi connectivity index (χ4n) is 3.28. The van der Waals surface area contributed by atoms with Crippen molar-refractivity contribution in [2.75, 3.05) is 4.72 Å². The number of nitro benzene ring substituents is 1. The maximum absolute atomic E-state index is 12.8. The minimum Gasteiger partial charge on any atom is -0.311 e. The van der Waals surface area contributed by atoms with E-state index in [2.05, 4.69) is 14.9 Å². The Morgan fingerprint density at radius 2 is 2.03 bits per heavy atom. The molecular formula is C18H16ClN5O4S. The predicted octanol–water partition coefficient (Wildman–Crippen LogP) is 3.56. The second kappa shape index (κ2) is 7.12. The van der Waals surface area contributed by atoms with Crippen LogP contribution in [0.1, 0.15) is 17.8 Å². The van der Waals surface area contributed by atoms with Gasteiger partial charge in [-0.2, -0.15) is 0 Å². The zero-order valence-corrected chi connectivity index (χ0v) is 16.9. The first kappa shape index (κ1) is 19.3. The second-order valence-corrected chi connectivity index (χ2v) is 8.78. The Balaban J connectivity index is 1.68. The largest absolute Gasteiger partial charge is 0.311 e. The number of hydrogen-bond acceptors (Lipinski definition) is 6. The summed E-state index contributed by atoms with van der Waals surface area (Å²) in [7, 11) is -4.09. The Hall–Kier alpha value is -2.98. The van der Waals surface area contributed by atoms with Crippen molar-refractivity contribution in [1.82, 2.24) is 14.8 Å². The van der Waals surface area contributed by atoms with Crippen LogP contribution in [0.15, 0.2) is 41.3 Å². The SMILES string of the molecule is Cc1c(Cl)cc(S(=O)(=O)Nc2cccc(-c3nnc4n3CCC4)c2)cc1[N+](=O)[O-]. The van der Waals surface area contributed by atoms with Gasteiger partial charge in [-0.05, 0) is 31.5 Å². The van der Waals surface area contributed by atoms with Gasteiger partial charge in [0.25, 0.3) is 15.7 Å². The molecule has 0 atom stereocenters. The standard InChI is InChI=1S/C18H16ClN5O4S/c1-11-15(19)9-14(10-16(11)24(25)26)29(27,28)22-13-5-2-4-12(8-13)18-21-20-17-6-3-7-23(17)18/h2,4-5,8-10,22H,3,6-7H2,1H3. The van der Waals surface area contributed by atoms with Gasteiger partial charge in [0.15, 0.2) is 5.82 Å². The van der Waals surface area contributed by atoms with Gasteiger partial charge >= 0.3 is 0 Å². The van der Waals surface area contributed by atoms with Crippen LogP contribution >= 0.6 is 11.6 Å². The summed E-state index contributed by atoms with van der Waals surface area (Å²) >= 11 is 6.00. The quantitative estimate of drug-likeness (QED) is 0.485. The third-order valence-corrected chi connectivity index (χ3v) is 6.53. The Bertz CT molecular complexity index is 1240. The van der Waals surface area contributed by atoms with Gasteiger partial charge in [0.1, 0.15) is 5.82 Å². The van der Waals surface area contributed by atoms with Gasteiger partial charge in [-0.25, -0.2) is 8.42 Å². The molecule has 0 fully saturated rings. The molecule has 3 aromatic rings. The number of aryl methyl sites for hydroxylation is 1. The fourth-order valence-corrected chi connectivity index (χ4v) is 4.66. The van der Waals surface area contributed by atoms with Gasteiger partial charge in [0.05, 0.1) is 14.8 Å². The molecule has 0 aliphatic carbocycles. The zero-order valence-electron chi connectivity index (χ0n) is 15.3. The Kier molecular flexibility index (Phi) is 4.75. The Morgan fingerprint density at radius 1 is 1.24 bits per heavy atom. The molecule has 1 aliphatic rings. The number of nitrogens with one attached hydrogen (secondary N) is 1. The molecule has 11 heteroatoms. The second-order valence-electron chi connectivity index (χ2n) is 6.69. The number of nitrogens with zero attached hydrogens (tertiary/aromatic N) is 4. The molecule has 0 saturated carbocycles. The van der Waals surface area contributed by atoms with Crippen LogP contribution in [0.25, 0.3) is 11.4 Å². The first-order valence-electron chi connectivity index (χ1n) is 8.76. The molecule has 1 aromatic heterocycles. The van der Waals surface area contributed by atoms with E-state index in [1.165, 1.54) is 13.0 Å². The summed E-state index contributed by atoms with van der Waals surface area (Å²) in [6.45, 7) is 2.28. The molecule has 0 bridgehead atoms. The summed E-state index contributed by atoms with van der Waals surface area (Å²) in [5.74, 6) is 1.58. The molecule has 2 heterocycles. The van der Waals surface area contributed by atoms with Crippen LogP contribution in [-0.4, -0.2) is 28.1 Å². The van der Waals surface area contributed by atoms with Crippen molar-refractivity contribution in [3.8, 4) is 11.4 Å². The molecule has 1 N–H and O–H groups in total. The molecule has 150 valence electrons. The van der Waals surface area contributed by atoms with Crippen LogP contribution in [0.4, 0.5) is 11.4 Å². The summed E-state index contributed by atoms with van der Waals surface area (Å²) in [5, 5.41) is 19.6. The van der Waals surface area contributed by atoms with Crippen molar-refractivity contribution in [1.29, 1.82) is 0 Å². The lowest BCUT2D eigenvalue weighted by Gasteiger charge is -2.11. The van der Waals surface area contributed by atoms with Crippen molar-refractivity contribution in [2.24, 2.45) is 0 Å². The summed E-state index contributed by atoms with van der Waals surface area (Å²) in [6, 6.07) is 8.96. The van der Waals surface area contributed by atoms with Crippen molar-refractivity contribution in [3.63, 3.8) is 0 Å². The van der Waals surface area contributed by atoms with Crippen LogP contribution in [0.2, 0.25) is 5.02 Å². The number of hydrogen-bond donors (Lipinski definition) is 1. The molecule has 1 aliphatic heterocycles. The van der Waals surface area contributed by atoms with Gasteiger partial charge in [-0.1, -0.05) is 23.7 Å². The average molecular weight is 434 g/mol. The third kappa shape index (κ3) is 3.56. The number of aromatic nitrogens is 3. The van der Waals surface area contributed by atoms with Gasteiger partial charge < -0.3 is 4.57 Å². The third-order valence-electron chi connectivity index (χ3n) is 4.78. The van der Waals surface area contributed by atoms with Gasteiger partial charge in [0, 0.05) is 35.8 Å². The van der Waals surface area contributed by atoms with E-state index in [9.17, 15) is 18.5 Å². The smallest absolute Gasteiger partial charge is 0.275 e. The van der Waals surface area contributed by atoms with Crippen LogP contribution < -0.4 is 4.72 Å². The number of rotatable bonds is 5. The van der Waals surface area contributed by atoms with Crippen LogP contribution in [-0.2, 0) is 23.0 Å². The van der Waals surface area contributed by atoms with Gasteiger partial charge in [-0.15, -0.1) is 10.2 Å². The average Bonchev–Trinajstić information content (AvgIpc) is 3.27. The lowest BCUT2D eigenvalue weighted by molar-refractivity contribution is -0.385. The van der Waals surface area contributed by atoms with Crippen molar-refractivity contribution in [2.45, 2.75) is 31.2 Å². The number of benzene rings is 2. The van der Waals surface area contributed by atoms with Crippen LogP contribution in [0.5, 0.6) is 0 Å². The Morgan fingerprint density at radius 3 is 2.79 bits per heavy atom. The highest BCUT2D eigenvalue weighted by Crippen LogP contribution is 2.31. The summed E-state index contributed by atoms with van der Waals surface area (Å²) < 4.78 is 30.1. The summed E-state index contributed by atoms with van der Waals surface area (Å²) in [4.78, 5) is 10.3. The molecular weight excluding hydrogens is 418 g/mol. The van der Waals surface area contributed by atoms with Crippen molar-refractivity contribution < 1.29 is 13.3 Å². The lowest BCUT2D eigenvalue weighted by Crippen LogP contribution is -2.13. The molecule has 0 saturated heterocycles. The normalized spacial score (nSPS) is 13.3. The maximum atomic E-state index is 12.8. The minimum absolute atomic E-state index is 0.00680. The lowest BCUT2D eigenvalue weighted by atomic mass is 10.2. The molecule has 9 nitrogen and oxygen atoms in total. The number of nitro groups is 1. The predicted molar refractivity (Wildman–Crippen MR) is 107 cm³/mol. The molecule has 0 spiro atoms. The first-order chi connectivity index (χ1) is 13.8. The molecule has 0 radical (unpaired) electrons. The number of halogens is 1. The van der Waals surface area contributed by atoms with Crippen molar-refractivity contribution >= 4 is 33.0 Å². The van der Waals surface area contributed by atoms with Crippen LogP contribution in [0, 0.1) is 17.0 Å². The fraction of sp³-hybridized carbons (Fsp3) is 0.222. The van der Waals surface area contributed by atoms with E-state index in [1.807, 2.05) is 10.6 Å². The van der Waals surface area contributed by atoms with E-state index >= 15 is 0 Å². The highest BCUT2D eigenvalue weighted by molar-refractivity contribution is 7.92. The highest BCUT2D eigenvalue weighted by Gasteiger charge is 2.23. The highest BCUT2D eigenvalue weighted by atomic mass is 35.5. The number of fused-ring (bicyclic) bond motifs is 1. The molecule has 0 amide bonds. The van der Waals surface area contributed by atoms with Crippen molar-refractivity contribution in [3.05, 3.63) is 62.9 Å². The molecule has 4 rings (SSSR count). The minimum atomic E-state index is -4.09. The Labute approximate surface area is 171 Å². The maximum Gasteiger partial charge on any atom is 0.275 e. The molecule has 2 aromatic carbocycles. The molecule has 29 heavy (non-hydrogen) atoms. The van der Waals surface area contributed by atoms with Gasteiger partial charge in [-0.3, -0.25) is 14.8 Å². The topological polar surface area (TPSA) is 120 Å². The van der Waals surface area contributed by atoms with E-state index in [0.29, 0.717) is 11.5 Å². The van der Waals surface area contributed by atoms with E-state index in [-0.39, 0.29) is 21.2 Å². The molecule has 0 unspecified atom stereocenters. The van der Waals surface area contributed by atoms with E-state index in [0.717, 1.165) is 36.8 Å². The van der Waals surface area contributed by atoms with E-state index in [1.54, 1.807) is 18.2 Å². The first-order valence-corrected chi connectivity index (χ1v) is 10.6. The number of anilines is 1. The van der Waals surface area contributed by atoms with E-state index < -0.39 is 14.9 Å². The van der Waals surface area contributed by atoms with Gasteiger partial charge in [0.2, 0.25) is 0 Å². The zero-order chi connectivity index (χ0) is 20.8. The van der Waals surface area contributed by atoms with Crippen LogP contribution in [0.3, 0.4) is 0 Å². The monoisotopic (exact) mass is 433 g/mol. The number of sulfonamides is 1. The summed E-state index contributed by atoms with van der Waals surface area (Å²) in [5.41, 5.74) is 0.875. The summed E-state index contributed by atoms with van der Waals surface area (Å²) in [6.07, 6.45) is 1.86.